The molecule has 5 rings (SSSR count). The molecule has 262 valence electrons. The van der Waals surface area contributed by atoms with Gasteiger partial charge in [-0.2, -0.15) is 26.3 Å². The lowest BCUT2D eigenvalue weighted by Gasteiger charge is -2.34. The van der Waals surface area contributed by atoms with Crippen LogP contribution in [0.1, 0.15) is 34.3 Å². The van der Waals surface area contributed by atoms with E-state index in [9.17, 15) is 35.9 Å². The Bertz CT molecular complexity index is 1640. The fourth-order valence-corrected chi connectivity index (χ4v) is 6.81. The van der Waals surface area contributed by atoms with E-state index in [0.29, 0.717) is 75.4 Å². The Morgan fingerprint density at radius 2 is 1.67 bits per heavy atom. The molecule has 3 aromatic rings. The smallest absolute Gasteiger partial charge is 0.382 e. The SMILES string of the molecule is COCC(=O)N1CCC(Nc2cccc(Sc3ccc(C(=O)C=CN4CCN(c5cnccn5)CC4)c(C(F)(F)F)c3C(F)(F)F)c2)CC1. The number of rotatable bonds is 10. The van der Waals surface area contributed by atoms with E-state index < -0.39 is 39.7 Å². The number of allylic oxidation sites excluding steroid dienone is 1. The van der Waals surface area contributed by atoms with Crippen LogP contribution in [0.5, 0.6) is 0 Å². The van der Waals surface area contributed by atoms with E-state index in [1.807, 2.05) is 4.90 Å². The number of halogens is 6. The molecule has 2 aliphatic heterocycles. The van der Waals surface area contributed by atoms with Crippen molar-refractivity contribution in [1.82, 2.24) is 19.8 Å². The third kappa shape index (κ3) is 9.23. The first kappa shape index (κ1) is 36.0. The summed E-state index contributed by atoms with van der Waals surface area (Å²) in [6.07, 6.45) is -2.74. The van der Waals surface area contributed by atoms with Crippen molar-refractivity contribution < 1.29 is 40.7 Å². The summed E-state index contributed by atoms with van der Waals surface area (Å²) in [5.41, 5.74) is -4.43. The lowest BCUT2D eigenvalue weighted by atomic mass is 9.96. The molecule has 9 nitrogen and oxygen atoms in total. The quantitative estimate of drug-likeness (QED) is 0.150. The molecular formula is C33H34F6N6O3S. The second kappa shape index (κ2) is 15.5. The van der Waals surface area contributed by atoms with Crippen molar-refractivity contribution in [2.75, 3.05) is 63.2 Å². The molecule has 0 atom stereocenters. The zero-order chi connectivity index (χ0) is 35.2. The van der Waals surface area contributed by atoms with E-state index in [-0.39, 0.29) is 23.5 Å². The average molecular weight is 709 g/mol. The lowest BCUT2D eigenvalue weighted by Crippen LogP contribution is -2.44. The molecule has 0 unspecified atom stereocenters. The van der Waals surface area contributed by atoms with Gasteiger partial charge in [-0.25, -0.2) is 4.98 Å². The molecule has 16 heteroatoms. The van der Waals surface area contributed by atoms with Crippen LogP contribution in [0.4, 0.5) is 37.8 Å². The average Bonchev–Trinajstić information content (AvgIpc) is 3.07. The maximum atomic E-state index is 14.5. The summed E-state index contributed by atoms with van der Waals surface area (Å²) in [6, 6.07) is 8.07. The van der Waals surface area contributed by atoms with E-state index in [1.165, 1.54) is 25.6 Å². The van der Waals surface area contributed by atoms with E-state index in [4.69, 9.17) is 4.74 Å². The number of carbonyl (C=O) groups excluding carboxylic acids is 2. The summed E-state index contributed by atoms with van der Waals surface area (Å²) in [4.78, 5) is 38.3. The molecule has 1 aromatic heterocycles. The first-order valence-electron chi connectivity index (χ1n) is 15.4. The number of piperidine rings is 1. The predicted molar refractivity (Wildman–Crippen MR) is 171 cm³/mol. The van der Waals surface area contributed by atoms with Gasteiger partial charge in [-0.15, -0.1) is 0 Å². The first-order valence-corrected chi connectivity index (χ1v) is 16.2. The molecule has 2 fully saturated rings. The molecule has 0 saturated carbocycles. The lowest BCUT2D eigenvalue weighted by molar-refractivity contribution is -0.163. The zero-order valence-corrected chi connectivity index (χ0v) is 27.2. The van der Waals surface area contributed by atoms with Crippen molar-refractivity contribution in [2.45, 2.75) is 41.0 Å². The van der Waals surface area contributed by atoms with Crippen LogP contribution in [0.2, 0.25) is 0 Å². The van der Waals surface area contributed by atoms with E-state index in [0.717, 1.165) is 18.2 Å². The molecule has 2 aromatic carbocycles. The topological polar surface area (TPSA) is 90.9 Å². The Morgan fingerprint density at radius 3 is 2.31 bits per heavy atom. The Morgan fingerprint density at radius 1 is 0.959 bits per heavy atom. The number of alkyl halides is 6. The number of amides is 1. The predicted octanol–water partition coefficient (Wildman–Crippen LogP) is 6.23. The van der Waals surface area contributed by atoms with E-state index in [1.54, 1.807) is 40.4 Å². The Labute approximate surface area is 283 Å². The first-order chi connectivity index (χ1) is 23.3. The van der Waals surface area contributed by atoms with Crippen molar-refractivity contribution in [3.8, 4) is 0 Å². The van der Waals surface area contributed by atoms with Crippen molar-refractivity contribution in [2.24, 2.45) is 0 Å². The van der Waals surface area contributed by atoms with Crippen molar-refractivity contribution in [3.63, 3.8) is 0 Å². The minimum atomic E-state index is -5.47. The van der Waals surface area contributed by atoms with Crippen LogP contribution in [0.25, 0.3) is 0 Å². The van der Waals surface area contributed by atoms with Gasteiger partial charge >= 0.3 is 12.4 Å². The summed E-state index contributed by atoms with van der Waals surface area (Å²) >= 11 is 0.534. The van der Waals surface area contributed by atoms with Gasteiger partial charge in [-0.1, -0.05) is 17.8 Å². The molecule has 0 bridgehead atoms. The van der Waals surface area contributed by atoms with Crippen LogP contribution in [0.3, 0.4) is 0 Å². The summed E-state index contributed by atoms with van der Waals surface area (Å²) in [5, 5.41) is 3.31. The van der Waals surface area contributed by atoms with Gasteiger partial charge in [0.25, 0.3) is 0 Å². The van der Waals surface area contributed by atoms with Gasteiger partial charge in [0.1, 0.15) is 12.4 Å². The van der Waals surface area contributed by atoms with Crippen LogP contribution in [-0.2, 0) is 21.9 Å². The minimum Gasteiger partial charge on any atom is -0.382 e. The molecule has 0 spiro atoms. The summed E-state index contributed by atoms with van der Waals surface area (Å²) in [5.74, 6) is -0.645. The van der Waals surface area contributed by atoms with Gasteiger partial charge in [0, 0.05) is 98.1 Å². The van der Waals surface area contributed by atoms with Crippen LogP contribution < -0.4 is 10.2 Å². The van der Waals surface area contributed by atoms with Crippen molar-refractivity contribution in [3.05, 3.63) is 84.0 Å². The van der Waals surface area contributed by atoms with Gasteiger partial charge in [0.05, 0.1) is 17.3 Å². The monoisotopic (exact) mass is 708 g/mol. The largest absolute Gasteiger partial charge is 0.418 e. The maximum absolute atomic E-state index is 14.5. The van der Waals surface area contributed by atoms with E-state index >= 15 is 0 Å². The Balaban J connectivity index is 1.32. The third-order valence-corrected chi connectivity index (χ3v) is 9.22. The van der Waals surface area contributed by atoms with Gasteiger partial charge in [-0.05, 0) is 43.2 Å². The molecular weight excluding hydrogens is 674 g/mol. The van der Waals surface area contributed by atoms with E-state index in [2.05, 4.69) is 15.3 Å². The minimum absolute atomic E-state index is 0.0110. The number of hydrogen-bond acceptors (Lipinski definition) is 9. The number of hydrogen-bond donors (Lipinski definition) is 1. The van der Waals surface area contributed by atoms with Crippen LogP contribution in [0.15, 0.2) is 77.1 Å². The highest BCUT2D eigenvalue weighted by molar-refractivity contribution is 7.99. The molecule has 1 amide bonds. The number of likely N-dealkylation sites (tertiary alicyclic amines) is 1. The molecule has 3 heterocycles. The molecule has 2 saturated heterocycles. The van der Waals surface area contributed by atoms with Crippen LogP contribution in [0, 0.1) is 0 Å². The highest BCUT2D eigenvalue weighted by Crippen LogP contribution is 2.48. The number of anilines is 2. The highest BCUT2D eigenvalue weighted by atomic mass is 32.2. The van der Waals surface area contributed by atoms with Crippen LogP contribution >= 0.6 is 11.8 Å². The fraction of sp³-hybridized carbons (Fsp3) is 0.394. The number of piperazine rings is 1. The number of methoxy groups -OCH3 is 1. The number of aromatic nitrogens is 2. The van der Waals surface area contributed by atoms with Crippen molar-refractivity contribution >= 4 is 35.0 Å². The third-order valence-electron chi connectivity index (χ3n) is 8.17. The van der Waals surface area contributed by atoms with Gasteiger partial charge in [-0.3, -0.25) is 14.6 Å². The molecule has 0 radical (unpaired) electrons. The summed E-state index contributed by atoms with van der Waals surface area (Å²) < 4.78 is 91.5. The number of carbonyl (C=O) groups is 2. The summed E-state index contributed by atoms with van der Waals surface area (Å²) in [7, 11) is 1.44. The number of nitrogens with zero attached hydrogens (tertiary/aromatic N) is 5. The molecule has 2 aliphatic rings. The zero-order valence-electron chi connectivity index (χ0n) is 26.4. The fourth-order valence-electron chi connectivity index (χ4n) is 5.77. The normalized spacial score (nSPS) is 16.3. The number of nitrogens with one attached hydrogen (secondary N) is 1. The molecule has 1 N–H and O–H groups in total. The Hall–Kier alpha value is -4.31. The second-order valence-electron chi connectivity index (χ2n) is 11.5. The molecule has 49 heavy (non-hydrogen) atoms. The van der Waals surface area contributed by atoms with Crippen LogP contribution in [-0.4, -0.2) is 90.5 Å². The Kier molecular flexibility index (Phi) is 11.4. The summed E-state index contributed by atoms with van der Waals surface area (Å²) in [6.45, 7) is 2.83. The number of benzene rings is 2. The maximum Gasteiger partial charge on any atom is 0.418 e. The van der Waals surface area contributed by atoms with Gasteiger partial charge < -0.3 is 24.8 Å². The molecule has 0 aliphatic carbocycles. The van der Waals surface area contributed by atoms with Gasteiger partial charge in [0.2, 0.25) is 5.91 Å². The van der Waals surface area contributed by atoms with Gasteiger partial charge in [0.15, 0.2) is 5.78 Å². The number of ketones is 1. The number of ether oxygens (including phenoxy) is 1. The highest BCUT2D eigenvalue weighted by Gasteiger charge is 2.47. The second-order valence-corrected chi connectivity index (χ2v) is 12.6. The standard InChI is InChI=1S/C33H34F6N6O3S/c1-48-21-29(47)45-13-7-22(8-14-45)42-23-3-2-4-24(19-23)49-27-6-5-25(30(32(34,35)36)31(27)33(37,38)39)26(46)9-12-43-15-17-44(18-16-43)28-20-40-10-11-41-28/h2-6,9-12,19-20,22,42H,7-8,13-18,21H2,1H3. The van der Waals surface area contributed by atoms with Crippen molar-refractivity contribution in [1.29, 1.82) is 0 Å².